The highest BCUT2D eigenvalue weighted by atomic mass is 15.1. The molecule has 0 heterocycles. The Balaban J connectivity index is 3.52. The maximum absolute atomic E-state index is 7.09. The maximum atomic E-state index is 7.09. The van der Waals surface area contributed by atoms with Gasteiger partial charge in [-0.2, -0.15) is 0 Å². The third-order valence-corrected chi connectivity index (χ3v) is 2.01. The van der Waals surface area contributed by atoms with Crippen LogP contribution in [0.4, 0.5) is 0 Å². The molecule has 0 aromatic carbocycles. The van der Waals surface area contributed by atoms with Crippen molar-refractivity contribution in [3.8, 4) is 0 Å². The Kier molecular flexibility index (Phi) is 4.99. The van der Waals surface area contributed by atoms with E-state index < -0.39 is 0 Å². The fraction of sp³-hybridized carbons (Fsp3) is 0.900. The largest absolute Gasteiger partial charge is 0.388 e. The predicted molar refractivity (Wildman–Crippen MR) is 58.1 cm³/mol. The Morgan fingerprint density at radius 1 is 1.31 bits per heavy atom. The third kappa shape index (κ3) is 9.34. The average molecular weight is 185 g/mol. The molecular weight excluding hydrogens is 162 g/mol. The monoisotopic (exact) mass is 185 g/mol. The van der Waals surface area contributed by atoms with Crippen molar-refractivity contribution in [3.63, 3.8) is 0 Å². The van der Waals surface area contributed by atoms with Gasteiger partial charge in [-0.05, 0) is 25.4 Å². The van der Waals surface area contributed by atoms with Crippen LogP contribution in [0.1, 0.15) is 33.6 Å². The Hall–Kier alpha value is -0.570. The van der Waals surface area contributed by atoms with Crippen molar-refractivity contribution in [2.24, 2.45) is 11.1 Å². The average Bonchev–Trinajstić information content (AvgIpc) is 1.95. The fourth-order valence-corrected chi connectivity index (χ4v) is 0.949. The molecule has 0 radical (unpaired) electrons. The summed E-state index contributed by atoms with van der Waals surface area (Å²) in [6.45, 7) is 8.70. The Morgan fingerprint density at radius 2 is 1.85 bits per heavy atom. The summed E-state index contributed by atoms with van der Waals surface area (Å²) in [4.78, 5) is 2.23. The van der Waals surface area contributed by atoms with Crippen LogP contribution >= 0.6 is 0 Å². The van der Waals surface area contributed by atoms with E-state index >= 15 is 0 Å². The number of hydrogen-bond acceptors (Lipinski definition) is 2. The van der Waals surface area contributed by atoms with Gasteiger partial charge in [0, 0.05) is 13.0 Å². The molecule has 0 aliphatic carbocycles. The molecule has 0 aliphatic rings. The summed E-state index contributed by atoms with van der Waals surface area (Å²) in [6.07, 6.45) is 1.86. The lowest BCUT2D eigenvalue weighted by molar-refractivity contribution is 0.269. The van der Waals surface area contributed by atoms with E-state index in [4.69, 9.17) is 11.1 Å². The van der Waals surface area contributed by atoms with Gasteiger partial charge in [-0.1, -0.05) is 20.8 Å². The van der Waals surface area contributed by atoms with Gasteiger partial charge in [0.05, 0.1) is 5.84 Å². The molecule has 3 N–H and O–H groups in total. The van der Waals surface area contributed by atoms with Crippen LogP contribution < -0.4 is 5.73 Å². The topological polar surface area (TPSA) is 53.1 Å². The third-order valence-electron chi connectivity index (χ3n) is 2.01. The molecule has 0 atom stereocenters. The smallest absolute Gasteiger partial charge is 0.0918 e. The van der Waals surface area contributed by atoms with Gasteiger partial charge < -0.3 is 10.6 Å². The molecule has 0 saturated carbocycles. The normalized spacial score (nSPS) is 12.1. The van der Waals surface area contributed by atoms with E-state index in [1.807, 2.05) is 0 Å². The van der Waals surface area contributed by atoms with Crippen LogP contribution in [0.15, 0.2) is 0 Å². The lowest BCUT2D eigenvalue weighted by Gasteiger charge is -2.23. The van der Waals surface area contributed by atoms with E-state index in [-0.39, 0.29) is 5.84 Å². The molecule has 0 saturated heterocycles. The molecule has 0 rings (SSSR count). The van der Waals surface area contributed by atoms with E-state index in [2.05, 4.69) is 32.7 Å². The summed E-state index contributed by atoms with van der Waals surface area (Å²) >= 11 is 0. The highest BCUT2D eigenvalue weighted by Crippen LogP contribution is 2.18. The number of amidine groups is 1. The van der Waals surface area contributed by atoms with Gasteiger partial charge in [0.15, 0.2) is 0 Å². The predicted octanol–water partition coefficient (Wildman–Crippen LogP) is 1.68. The van der Waals surface area contributed by atoms with E-state index in [0.29, 0.717) is 11.8 Å². The Bertz CT molecular complexity index is 158. The van der Waals surface area contributed by atoms with E-state index in [1.165, 1.54) is 6.42 Å². The molecule has 3 heteroatoms. The summed E-state index contributed by atoms with van der Waals surface area (Å²) < 4.78 is 0. The molecule has 0 amide bonds. The highest BCUT2D eigenvalue weighted by Gasteiger charge is 2.10. The Labute approximate surface area is 81.8 Å². The van der Waals surface area contributed by atoms with E-state index in [9.17, 15) is 0 Å². The minimum Gasteiger partial charge on any atom is -0.388 e. The van der Waals surface area contributed by atoms with Crippen molar-refractivity contribution in [2.45, 2.75) is 33.6 Å². The van der Waals surface area contributed by atoms with Gasteiger partial charge >= 0.3 is 0 Å². The number of nitrogens with zero attached hydrogens (tertiary/aromatic N) is 1. The van der Waals surface area contributed by atoms with Crippen molar-refractivity contribution in [2.75, 3.05) is 20.1 Å². The standard InChI is InChI=1S/C10H23N3/c1-10(2,3)6-8-13(4)7-5-9(11)12/h5-8H2,1-4H3,(H3,11,12). The molecule has 0 spiro atoms. The first-order valence-corrected chi connectivity index (χ1v) is 4.83. The summed E-state index contributed by atoms with van der Waals surface area (Å²) in [5.41, 5.74) is 5.67. The second-order valence-electron chi connectivity index (χ2n) is 4.89. The SMILES string of the molecule is CN(CCC(=N)N)CCC(C)(C)C. The second-order valence-corrected chi connectivity index (χ2v) is 4.89. The minimum atomic E-state index is 0.280. The first kappa shape index (κ1) is 12.4. The molecular formula is C10H23N3. The second kappa shape index (κ2) is 5.22. The molecule has 0 fully saturated rings. The maximum Gasteiger partial charge on any atom is 0.0918 e. The lowest BCUT2D eigenvalue weighted by atomic mass is 9.92. The van der Waals surface area contributed by atoms with Crippen molar-refractivity contribution in [1.29, 1.82) is 5.41 Å². The number of rotatable bonds is 5. The van der Waals surface area contributed by atoms with Crippen molar-refractivity contribution in [1.82, 2.24) is 4.90 Å². The number of hydrogen-bond donors (Lipinski definition) is 2. The van der Waals surface area contributed by atoms with Gasteiger partial charge in [-0.15, -0.1) is 0 Å². The zero-order valence-electron chi connectivity index (χ0n) is 9.35. The quantitative estimate of drug-likeness (QED) is 0.506. The van der Waals surface area contributed by atoms with Crippen LogP contribution in [0.2, 0.25) is 0 Å². The summed E-state index contributed by atoms with van der Waals surface area (Å²) in [6, 6.07) is 0. The van der Waals surface area contributed by atoms with Gasteiger partial charge in [0.1, 0.15) is 0 Å². The van der Waals surface area contributed by atoms with Gasteiger partial charge in [0.25, 0.3) is 0 Å². The zero-order chi connectivity index (χ0) is 10.5. The van der Waals surface area contributed by atoms with Crippen LogP contribution in [-0.4, -0.2) is 30.9 Å². The molecule has 0 aromatic rings. The minimum absolute atomic E-state index is 0.280. The molecule has 0 aromatic heterocycles. The molecule has 0 bridgehead atoms. The van der Waals surface area contributed by atoms with Crippen LogP contribution in [0.25, 0.3) is 0 Å². The number of nitrogens with one attached hydrogen (secondary N) is 1. The highest BCUT2D eigenvalue weighted by molar-refractivity contribution is 5.76. The van der Waals surface area contributed by atoms with Crippen LogP contribution in [0, 0.1) is 10.8 Å². The Morgan fingerprint density at radius 3 is 2.23 bits per heavy atom. The fourth-order valence-electron chi connectivity index (χ4n) is 0.949. The molecule has 3 nitrogen and oxygen atoms in total. The molecule has 0 unspecified atom stereocenters. The number of nitrogens with two attached hydrogens (primary N) is 1. The van der Waals surface area contributed by atoms with E-state index in [1.54, 1.807) is 0 Å². The van der Waals surface area contributed by atoms with Gasteiger partial charge in [-0.3, -0.25) is 5.41 Å². The first-order chi connectivity index (χ1) is 5.81. The lowest BCUT2D eigenvalue weighted by Crippen LogP contribution is -2.27. The van der Waals surface area contributed by atoms with Crippen LogP contribution in [-0.2, 0) is 0 Å². The first-order valence-electron chi connectivity index (χ1n) is 4.83. The van der Waals surface area contributed by atoms with Crippen molar-refractivity contribution in [3.05, 3.63) is 0 Å². The van der Waals surface area contributed by atoms with Gasteiger partial charge in [-0.25, -0.2) is 0 Å². The molecule has 0 aliphatic heterocycles. The van der Waals surface area contributed by atoms with Crippen molar-refractivity contribution < 1.29 is 0 Å². The van der Waals surface area contributed by atoms with Crippen molar-refractivity contribution >= 4 is 5.84 Å². The van der Waals surface area contributed by atoms with Crippen LogP contribution in [0.3, 0.4) is 0 Å². The summed E-state index contributed by atoms with van der Waals surface area (Å²) in [5, 5.41) is 7.09. The molecule has 13 heavy (non-hydrogen) atoms. The van der Waals surface area contributed by atoms with Crippen LogP contribution in [0.5, 0.6) is 0 Å². The van der Waals surface area contributed by atoms with Gasteiger partial charge in [0.2, 0.25) is 0 Å². The summed E-state index contributed by atoms with van der Waals surface area (Å²) in [5.74, 6) is 0.280. The zero-order valence-corrected chi connectivity index (χ0v) is 9.35. The molecule has 78 valence electrons. The summed E-state index contributed by atoms with van der Waals surface area (Å²) in [7, 11) is 2.08. The van der Waals surface area contributed by atoms with E-state index in [0.717, 1.165) is 13.1 Å².